The van der Waals surface area contributed by atoms with Crippen LogP contribution in [0.5, 0.6) is 0 Å². The Morgan fingerprint density at radius 3 is 2.28 bits per heavy atom. The molecular weight excluding hydrogens is 500 g/mol. The topological polar surface area (TPSA) is 73.0 Å². The first kappa shape index (κ1) is 26.4. The molecule has 2 saturated heterocycles. The Labute approximate surface area is 207 Å². The molecule has 4 rings (SSSR count). The third-order valence-corrected chi connectivity index (χ3v) is 8.25. The molecule has 2 aliphatic heterocycles. The summed E-state index contributed by atoms with van der Waals surface area (Å²) in [6, 6.07) is 4.74. The number of carbonyl (C=O) groups is 1. The van der Waals surface area contributed by atoms with Gasteiger partial charge in [0.1, 0.15) is 17.7 Å². The molecule has 2 aromatic rings. The van der Waals surface area contributed by atoms with Gasteiger partial charge in [-0.3, -0.25) is 0 Å². The van der Waals surface area contributed by atoms with Crippen LogP contribution in [0.2, 0.25) is 0 Å². The van der Waals surface area contributed by atoms with Gasteiger partial charge in [0, 0.05) is 38.3 Å². The second-order valence-electron chi connectivity index (χ2n) is 9.38. The standard InChI is InChI=1S/C24H28F4N4O3S/c1-15-7-4-9-17(20(15)25)18-10-5-8-16(21(18)26)13-19-22(29-36(34,35)30(2)3)24(27,28)14-32(19)23(33)31-11-6-12-31/h4-5,7-10,19,22,29H,6,11-14H2,1-3H3/t19-,22+/m0/s1. The molecule has 196 valence electrons. The molecule has 0 radical (unpaired) electrons. The number of halogens is 4. The first-order valence-electron chi connectivity index (χ1n) is 11.5. The SMILES string of the molecule is Cc1cccc(-c2cccc(C[C@H]3[C@@H](NS(=O)(=O)N(C)C)C(F)(F)CN3C(=O)N3CCC3)c2F)c1F. The quantitative estimate of drug-likeness (QED) is 0.585. The summed E-state index contributed by atoms with van der Waals surface area (Å²) in [5.74, 6) is -5.03. The lowest BCUT2D eigenvalue weighted by molar-refractivity contribution is -0.00591. The van der Waals surface area contributed by atoms with Gasteiger partial charge < -0.3 is 9.80 Å². The second kappa shape index (κ2) is 9.64. The molecule has 2 amide bonds. The van der Waals surface area contributed by atoms with Gasteiger partial charge in [-0.25, -0.2) is 22.4 Å². The Morgan fingerprint density at radius 2 is 1.69 bits per heavy atom. The van der Waals surface area contributed by atoms with Gasteiger partial charge in [0.2, 0.25) is 0 Å². The summed E-state index contributed by atoms with van der Waals surface area (Å²) in [5, 5.41) is 0. The highest BCUT2D eigenvalue weighted by Crippen LogP contribution is 2.37. The lowest BCUT2D eigenvalue weighted by atomic mass is 9.94. The number of aryl methyl sites for hydroxylation is 1. The van der Waals surface area contributed by atoms with Crippen molar-refractivity contribution in [2.75, 3.05) is 33.7 Å². The van der Waals surface area contributed by atoms with Gasteiger partial charge in [0.25, 0.3) is 16.1 Å². The Balaban J connectivity index is 1.75. The van der Waals surface area contributed by atoms with E-state index < -0.39 is 58.8 Å². The van der Waals surface area contributed by atoms with Crippen molar-refractivity contribution in [1.29, 1.82) is 0 Å². The number of nitrogens with one attached hydrogen (secondary N) is 1. The zero-order valence-corrected chi connectivity index (χ0v) is 21.0. The fourth-order valence-electron chi connectivity index (χ4n) is 4.49. The Morgan fingerprint density at radius 1 is 1.08 bits per heavy atom. The number of hydrogen-bond acceptors (Lipinski definition) is 3. The summed E-state index contributed by atoms with van der Waals surface area (Å²) in [5.41, 5.74) is 0.248. The molecule has 2 fully saturated rings. The van der Waals surface area contributed by atoms with Crippen molar-refractivity contribution in [3.8, 4) is 11.1 Å². The van der Waals surface area contributed by atoms with Crippen LogP contribution in [0, 0.1) is 18.6 Å². The van der Waals surface area contributed by atoms with Crippen molar-refractivity contribution >= 4 is 16.2 Å². The molecule has 2 atom stereocenters. The van der Waals surface area contributed by atoms with E-state index >= 15 is 13.2 Å². The molecule has 12 heteroatoms. The normalized spacial score (nSPS) is 21.7. The van der Waals surface area contributed by atoms with Gasteiger partial charge in [-0.1, -0.05) is 36.4 Å². The lowest BCUT2D eigenvalue weighted by Gasteiger charge is -2.37. The zero-order valence-electron chi connectivity index (χ0n) is 20.1. The maximum Gasteiger partial charge on any atom is 0.320 e. The Hall–Kier alpha value is -2.70. The van der Waals surface area contributed by atoms with Gasteiger partial charge in [-0.15, -0.1) is 0 Å². The number of benzene rings is 2. The summed E-state index contributed by atoms with van der Waals surface area (Å²) in [6.07, 6.45) is 0.332. The molecular formula is C24H28F4N4O3S. The number of likely N-dealkylation sites (tertiary alicyclic amines) is 2. The summed E-state index contributed by atoms with van der Waals surface area (Å²) in [4.78, 5) is 15.3. The van der Waals surface area contributed by atoms with Gasteiger partial charge in [-0.05, 0) is 30.9 Å². The molecule has 0 bridgehead atoms. The van der Waals surface area contributed by atoms with E-state index in [1.165, 1.54) is 43.3 Å². The fourth-order valence-corrected chi connectivity index (χ4v) is 5.35. The van der Waals surface area contributed by atoms with Crippen LogP contribution in [0.3, 0.4) is 0 Å². The Bertz CT molecular complexity index is 1270. The molecule has 0 unspecified atom stereocenters. The number of hydrogen-bond donors (Lipinski definition) is 1. The average Bonchev–Trinajstić information content (AvgIpc) is 3.00. The number of nitrogens with zero attached hydrogens (tertiary/aromatic N) is 3. The fraction of sp³-hybridized carbons (Fsp3) is 0.458. The lowest BCUT2D eigenvalue weighted by Crippen LogP contribution is -2.56. The van der Waals surface area contributed by atoms with Crippen LogP contribution in [0.15, 0.2) is 36.4 Å². The largest absolute Gasteiger partial charge is 0.325 e. The first-order valence-corrected chi connectivity index (χ1v) is 12.9. The third-order valence-electron chi connectivity index (χ3n) is 6.74. The van der Waals surface area contributed by atoms with E-state index in [2.05, 4.69) is 0 Å². The van der Waals surface area contributed by atoms with Gasteiger partial charge in [0.15, 0.2) is 0 Å². The first-order chi connectivity index (χ1) is 16.8. The molecule has 2 aliphatic rings. The van der Waals surface area contributed by atoms with Crippen molar-refractivity contribution in [2.45, 2.75) is 37.8 Å². The molecule has 7 nitrogen and oxygen atoms in total. The van der Waals surface area contributed by atoms with Crippen molar-refractivity contribution < 1.29 is 30.8 Å². The van der Waals surface area contributed by atoms with Crippen molar-refractivity contribution in [2.24, 2.45) is 0 Å². The molecule has 36 heavy (non-hydrogen) atoms. The van der Waals surface area contributed by atoms with E-state index in [0.29, 0.717) is 18.7 Å². The van der Waals surface area contributed by atoms with Crippen LogP contribution in [0.4, 0.5) is 22.4 Å². The minimum Gasteiger partial charge on any atom is -0.325 e. The summed E-state index contributed by atoms with van der Waals surface area (Å²) in [7, 11) is -1.93. The van der Waals surface area contributed by atoms with Crippen molar-refractivity contribution in [3.63, 3.8) is 0 Å². The number of amides is 2. The summed E-state index contributed by atoms with van der Waals surface area (Å²) < 4.78 is 88.5. The predicted octanol–water partition coefficient (Wildman–Crippen LogP) is 3.39. The monoisotopic (exact) mass is 528 g/mol. The summed E-state index contributed by atoms with van der Waals surface area (Å²) >= 11 is 0. The Kier molecular flexibility index (Phi) is 7.06. The van der Waals surface area contributed by atoms with E-state index in [-0.39, 0.29) is 16.7 Å². The molecule has 0 aromatic heterocycles. The highest BCUT2D eigenvalue weighted by Gasteiger charge is 2.58. The van der Waals surface area contributed by atoms with E-state index in [4.69, 9.17) is 0 Å². The summed E-state index contributed by atoms with van der Waals surface area (Å²) in [6.45, 7) is 1.33. The molecule has 0 saturated carbocycles. The molecule has 2 heterocycles. The minimum absolute atomic E-state index is 0.0180. The number of alkyl halides is 2. The van der Waals surface area contributed by atoms with Crippen LogP contribution in [0.25, 0.3) is 11.1 Å². The van der Waals surface area contributed by atoms with E-state index in [1.54, 1.807) is 19.1 Å². The molecule has 1 N–H and O–H groups in total. The number of carbonyl (C=O) groups excluding carboxylic acids is 1. The van der Waals surface area contributed by atoms with Gasteiger partial charge >= 0.3 is 6.03 Å². The average molecular weight is 529 g/mol. The molecule has 0 spiro atoms. The van der Waals surface area contributed by atoms with Crippen LogP contribution in [-0.4, -0.2) is 80.3 Å². The van der Waals surface area contributed by atoms with Gasteiger partial charge in [-0.2, -0.15) is 17.4 Å². The maximum absolute atomic E-state index is 15.7. The molecule has 0 aliphatic carbocycles. The van der Waals surface area contributed by atoms with Crippen molar-refractivity contribution in [1.82, 2.24) is 18.8 Å². The third kappa shape index (κ3) is 4.81. The number of rotatable bonds is 6. The predicted molar refractivity (Wildman–Crippen MR) is 127 cm³/mol. The molecule has 2 aromatic carbocycles. The highest BCUT2D eigenvalue weighted by molar-refractivity contribution is 7.87. The minimum atomic E-state index is -4.30. The van der Waals surface area contributed by atoms with Crippen LogP contribution < -0.4 is 4.72 Å². The van der Waals surface area contributed by atoms with Crippen molar-refractivity contribution in [3.05, 3.63) is 59.2 Å². The van der Waals surface area contributed by atoms with Crippen LogP contribution in [-0.2, 0) is 16.6 Å². The van der Waals surface area contributed by atoms with E-state index in [0.717, 1.165) is 15.6 Å². The van der Waals surface area contributed by atoms with Crippen LogP contribution in [0.1, 0.15) is 17.5 Å². The second-order valence-corrected chi connectivity index (χ2v) is 11.3. The van der Waals surface area contributed by atoms with Crippen LogP contribution >= 0.6 is 0 Å². The zero-order chi connectivity index (χ0) is 26.4. The number of urea groups is 1. The maximum atomic E-state index is 15.7. The van der Waals surface area contributed by atoms with E-state index in [1.807, 2.05) is 4.72 Å². The van der Waals surface area contributed by atoms with Gasteiger partial charge in [0.05, 0.1) is 12.6 Å². The van der Waals surface area contributed by atoms with E-state index in [9.17, 15) is 17.6 Å². The smallest absolute Gasteiger partial charge is 0.320 e. The highest BCUT2D eigenvalue weighted by atomic mass is 32.2.